The lowest BCUT2D eigenvalue weighted by Crippen LogP contribution is -2.07. The zero-order valence-corrected chi connectivity index (χ0v) is 17.6. The third-order valence-corrected chi connectivity index (χ3v) is 4.92. The van der Waals surface area contributed by atoms with Crippen molar-refractivity contribution in [2.45, 2.75) is 20.3 Å². The minimum absolute atomic E-state index is 0.236. The highest BCUT2D eigenvalue weighted by Crippen LogP contribution is 2.29. The predicted molar refractivity (Wildman–Crippen MR) is 119 cm³/mol. The van der Waals surface area contributed by atoms with E-state index in [0.29, 0.717) is 23.2 Å². The normalized spacial score (nSPS) is 10.9. The number of hydrogen-bond acceptors (Lipinski definition) is 5. The molecule has 0 aliphatic carbocycles. The Hall–Kier alpha value is -3.12. The summed E-state index contributed by atoms with van der Waals surface area (Å²) in [6, 6.07) is 13.7. The lowest BCUT2D eigenvalue weighted by Gasteiger charge is -2.10. The first-order valence-electron chi connectivity index (χ1n) is 9.41. The van der Waals surface area contributed by atoms with Gasteiger partial charge >= 0.3 is 0 Å². The molecule has 1 N–H and O–H groups in total. The summed E-state index contributed by atoms with van der Waals surface area (Å²) in [5, 5.41) is 5.31. The van der Waals surface area contributed by atoms with Crippen LogP contribution in [0.15, 0.2) is 53.9 Å². The van der Waals surface area contributed by atoms with Crippen molar-refractivity contribution in [1.82, 2.24) is 4.98 Å². The van der Waals surface area contributed by atoms with E-state index in [-0.39, 0.29) is 5.91 Å². The fraction of sp³-hybridized carbons (Fsp3) is 0.217. The van der Waals surface area contributed by atoms with Crippen LogP contribution in [0.25, 0.3) is 17.3 Å². The number of benzene rings is 2. The van der Waals surface area contributed by atoms with Crippen LogP contribution in [0.4, 0.5) is 5.13 Å². The summed E-state index contributed by atoms with van der Waals surface area (Å²) >= 11 is 1.40. The number of ether oxygens (including phenoxy) is 2. The van der Waals surface area contributed by atoms with Crippen LogP contribution in [0.3, 0.4) is 0 Å². The average Bonchev–Trinajstić information content (AvgIpc) is 3.19. The summed E-state index contributed by atoms with van der Waals surface area (Å²) in [5.74, 6) is 1.10. The van der Waals surface area contributed by atoms with Crippen molar-refractivity contribution in [2.75, 3.05) is 19.0 Å². The number of amides is 1. The van der Waals surface area contributed by atoms with Gasteiger partial charge in [-0.1, -0.05) is 42.8 Å². The molecule has 1 aromatic heterocycles. The number of nitrogens with zero attached hydrogens (tertiary/aromatic N) is 1. The van der Waals surface area contributed by atoms with Gasteiger partial charge in [-0.2, -0.15) is 0 Å². The number of aromatic nitrogens is 1. The second-order valence-electron chi connectivity index (χ2n) is 6.49. The number of rotatable bonds is 8. The molecule has 0 atom stereocenters. The van der Waals surface area contributed by atoms with Gasteiger partial charge in [0.1, 0.15) is 0 Å². The molecule has 29 heavy (non-hydrogen) atoms. The predicted octanol–water partition coefficient (Wildman–Crippen LogP) is 5.57. The highest BCUT2D eigenvalue weighted by Gasteiger charge is 2.07. The number of anilines is 1. The molecular formula is C23H24N2O3S. The van der Waals surface area contributed by atoms with E-state index >= 15 is 0 Å². The van der Waals surface area contributed by atoms with Crippen LogP contribution in [0.1, 0.15) is 24.5 Å². The molecule has 0 aliphatic rings. The van der Waals surface area contributed by atoms with Crippen molar-refractivity contribution < 1.29 is 14.3 Å². The van der Waals surface area contributed by atoms with Gasteiger partial charge in [0.2, 0.25) is 5.91 Å². The zero-order valence-electron chi connectivity index (χ0n) is 16.8. The van der Waals surface area contributed by atoms with E-state index in [1.54, 1.807) is 13.2 Å². The SMILES string of the molecule is CCCOc1ccc(C=CC(=O)Nc2nc(-c3ccc(C)cc3)cs2)cc1OC. The first kappa shape index (κ1) is 20.6. The highest BCUT2D eigenvalue weighted by molar-refractivity contribution is 7.14. The number of nitrogens with one attached hydrogen (secondary N) is 1. The topological polar surface area (TPSA) is 60.5 Å². The summed E-state index contributed by atoms with van der Waals surface area (Å²) in [5.41, 5.74) is 3.92. The van der Waals surface area contributed by atoms with Gasteiger partial charge in [0.15, 0.2) is 16.6 Å². The number of methoxy groups -OCH3 is 1. The Labute approximate surface area is 175 Å². The molecule has 3 rings (SSSR count). The fourth-order valence-corrected chi connectivity index (χ4v) is 3.35. The van der Waals surface area contributed by atoms with Crippen LogP contribution >= 0.6 is 11.3 Å². The monoisotopic (exact) mass is 408 g/mol. The molecule has 1 heterocycles. The number of thiazole rings is 1. The van der Waals surface area contributed by atoms with Gasteiger partial charge in [-0.05, 0) is 37.1 Å². The van der Waals surface area contributed by atoms with Gasteiger partial charge in [0, 0.05) is 17.0 Å². The van der Waals surface area contributed by atoms with Gasteiger partial charge in [-0.15, -0.1) is 11.3 Å². The smallest absolute Gasteiger partial charge is 0.250 e. The van der Waals surface area contributed by atoms with Crippen LogP contribution in [0.2, 0.25) is 0 Å². The summed E-state index contributed by atoms with van der Waals surface area (Å²) < 4.78 is 11.0. The molecule has 0 spiro atoms. The summed E-state index contributed by atoms with van der Waals surface area (Å²) in [6.07, 6.45) is 4.14. The molecule has 0 saturated carbocycles. The molecule has 0 radical (unpaired) electrons. The molecule has 0 saturated heterocycles. The van der Waals surface area contributed by atoms with Crippen molar-refractivity contribution in [3.63, 3.8) is 0 Å². The standard InChI is InChI=1S/C23H24N2O3S/c1-4-13-28-20-11-7-17(14-21(20)27-3)8-12-22(26)25-23-24-19(15-29-23)18-9-5-16(2)6-10-18/h5-12,14-15H,4,13H2,1-3H3,(H,24,25,26). The second-order valence-corrected chi connectivity index (χ2v) is 7.34. The van der Waals surface area contributed by atoms with E-state index in [9.17, 15) is 4.79 Å². The highest BCUT2D eigenvalue weighted by atomic mass is 32.1. The van der Waals surface area contributed by atoms with E-state index in [1.807, 2.05) is 61.7 Å². The summed E-state index contributed by atoms with van der Waals surface area (Å²) in [4.78, 5) is 16.7. The second kappa shape index (κ2) is 9.89. The Kier molecular flexibility index (Phi) is 7.03. The molecule has 150 valence electrons. The van der Waals surface area contributed by atoms with Crippen molar-refractivity contribution in [3.05, 3.63) is 65.0 Å². The molecule has 0 fully saturated rings. The molecular weight excluding hydrogens is 384 g/mol. The molecule has 0 bridgehead atoms. The van der Waals surface area contributed by atoms with Crippen LogP contribution in [0, 0.1) is 6.92 Å². The molecule has 5 nitrogen and oxygen atoms in total. The lowest BCUT2D eigenvalue weighted by atomic mass is 10.1. The van der Waals surface area contributed by atoms with Gasteiger partial charge < -0.3 is 9.47 Å². The number of carbonyl (C=O) groups is 1. The average molecular weight is 409 g/mol. The molecule has 6 heteroatoms. The third-order valence-electron chi connectivity index (χ3n) is 4.16. The number of hydrogen-bond donors (Lipinski definition) is 1. The molecule has 0 aliphatic heterocycles. The zero-order chi connectivity index (χ0) is 20.6. The van der Waals surface area contributed by atoms with Crippen molar-refractivity contribution in [3.8, 4) is 22.8 Å². The van der Waals surface area contributed by atoms with Crippen LogP contribution in [-0.2, 0) is 4.79 Å². The van der Waals surface area contributed by atoms with Gasteiger partial charge in [0.25, 0.3) is 0 Å². The van der Waals surface area contributed by atoms with E-state index < -0.39 is 0 Å². The first-order valence-corrected chi connectivity index (χ1v) is 10.3. The lowest BCUT2D eigenvalue weighted by molar-refractivity contribution is -0.111. The van der Waals surface area contributed by atoms with Crippen LogP contribution in [-0.4, -0.2) is 24.6 Å². The van der Waals surface area contributed by atoms with E-state index in [0.717, 1.165) is 23.2 Å². The third kappa shape index (κ3) is 5.68. The minimum Gasteiger partial charge on any atom is -0.493 e. The van der Waals surface area contributed by atoms with Crippen LogP contribution < -0.4 is 14.8 Å². The number of carbonyl (C=O) groups excluding carboxylic acids is 1. The van der Waals surface area contributed by atoms with Crippen molar-refractivity contribution in [1.29, 1.82) is 0 Å². The maximum atomic E-state index is 12.3. The van der Waals surface area contributed by atoms with Crippen molar-refractivity contribution in [2.24, 2.45) is 0 Å². The maximum absolute atomic E-state index is 12.3. The van der Waals surface area contributed by atoms with Gasteiger partial charge in [-0.25, -0.2) is 4.98 Å². The Morgan fingerprint density at radius 3 is 2.69 bits per heavy atom. The minimum atomic E-state index is -0.236. The quantitative estimate of drug-likeness (QED) is 0.495. The molecule has 0 unspecified atom stereocenters. The molecule has 2 aromatic carbocycles. The molecule has 3 aromatic rings. The summed E-state index contributed by atoms with van der Waals surface area (Å²) in [6.45, 7) is 4.73. The fourth-order valence-electron chi connectivity index (χ4n) is 2.63. The first-order chi connectivity index (χ1) is 14.1. The van der Waals surface area contributed by atoms with E-state index in [4.69, 9.17) is 9.47 Å². The largest absolute Gasteiger partial charge is 0.493 e. The summed E-state index contributed by atoms with van der Waals surface area (Å²) in [7, 11) is 1.60. The van der Waals surface area contributed by atoms with Gasteiger partial charge in [-0.3, -0.25) is 10.1 Å². The van der Waals surface area contributed by atoms with Crippen molar-refractivity contribution >= 4 is 28.5 Å². The molecule has 1 amide bonds. The Bertz CT molecular complexity index is 994. The van der Waals surface area contributed by atoms with E-state index in [2.05, 4.69) is 10.3 Å². The maximum Gasteiger partial charge on any atom is 0.250 e. The Balaban J connectivity index is 1.63. The number of aryl methyl sites for hydroxylation is 1. The van der Waals surface area contributed by atoms with Gasteiger partial charge in [0.05, 0.1) is 19.4 Å². The Morgan fingerprint density at radius 1 is 1.17 bits per heavy atom. The van der Waals surface area contributed by atoms with E-state index in [1.165, 1.54) is 23.0 Å². The van der Waals surface area contributed by atoms with Crippen LogP contribution in [0.5, 0.6) is 11.5 Å². The Morgan fingerprint density at radius 2 is 1.97 bits per heavy atom.